The molecule has 0 saturated heterocycles. The van der Waals surface area contributed by atoms with Gasteiger partial charge in [-0.3, -0.25) is 20.4 Å². The summed E-state index contributed by atoms with van der Waals surface area (Å²) in [5.41, 5.74) is 11.6. The van der Waals surface area contributed by atoms with Crippen molar-refractivity contribution in [2.75, 3.05) is 10.9 Å². The molecule has 0 bridgehead atoms. The molecule has 0 aromatic heterocycles. The Labute approximate surface area is 305 Å². The number of aromatic hydroxyl groups is 1. The first-order valence-corrected chi connectivity index (χ1v) is 18.4. The number of nitrogens with zero attached hydrogens (tertiary/aromatic N) is 4. The van der Waals surface area contributed by atoms with Crippen molar-refractivity contribution < 1.29 is 5.11 Å². The van der Waals surface area contributed by atoms with Crippen molar-refractivity contribution in [3.63, 3.8) is 0 Å². The summed E-state index contributed by atoms with van der Waals surface area (Å²) in [6.07, 6.45) is 4.12. The Balaban J connectivity index is 2.02. The average Bonchev–Trinajstić information content (AvgIpc) is 3.08. The number of halogens is 3. The number of phenolic OH excluding ortho intramolecular Hbond substituents is 1. The number of azo groups is 1. The van der Waals surface area contributed by atoms with E-state index in [0.29, 0.717) is 49.9 Å². The highest BCUT2D eigenvalue weighted by atomic mass is 79.9. The number of hydrogen-bond donors (Lipinski definition) is 3. The van der Waals surface area contributed by atoms with Crippen LogP contribution in [-0.2, 0) is 38.5 Å². The molecule has 48 heavy (non-hydrogen) atoms. The molecule has 4 rings (SSSR count). The summed E-state index contributed by atoms with van der Waals surface area (Å²) >= 11 is 10.7. The van der Waals surface area contributed by atoms with Crippen LogP contribution in [0, 0.1) is 0 Å². The third-order valence-corrected chi connectivity index (χ3v) is 9.54. The molecular formula is C36H39Br3N6O3. The minimum atomic E-state index is -0.860. The maximum atomic E-state index is 13.9. The van der Waals surface area contributed by atoms with Gasteiger partial charge < -0.3 is 5.11 Å². The highest BCUT2D eigenvalue weighted by Gasteiger charge is 2.19. The summed E-state index contributed by atoms with van der Waals surface area (Å²) < 4.78 is 2.76. The molecule has 0 unspecified atom stereocenters. The van der Waals surface area contributed by atoms with Crippen molar-refractivity contribution in [2.45, 2.75) is 80.1 Å². The number of nitrogens with one attached hydrogen (secondary N) is 2. The van der Waals surface area contributed by atoms with Crippen LogP contribution >= 0.6 is 47.8 Å². The van der Waals surface area contributed by atoms with E-state index in [1.807, 2.05) is 77.9 Å². The second kappa shape index (κ2) is 16.8. The molecule has 0 aliphatic heterocycles. The second-order valence-electron chi connectivity index (χ2n) is 11.1. The van der Waals surface area contributed by atoms with Crippen molar-refractivity contribution in [2.24, 2.45) is 20.4 Å². The molecule has 0 amide bonds. The highest BCUT2D eigenvalue weighted by Crippen LogP contribution is 2.32. The number of phenols is 1. The van der Waals surface area contributed by atoms with E-state index in [2.05, 4.69) is 79.1 Å². The van der Waals surface area contributed by atoms with Gasteiger partial charge in [-0.05, 0) is 108 Å². The van der Waals surface area contributed by atoms with E-state index in [-0.39, 0.29) is 5.36 Å². The van der Waals surface area contributed by atoms with E-state index in [1.165, 1.54) is 0 Å². The van der Waals surface area contributed by atoms with E-state index in [4.69, 9.17) is 0 Å². The lowest BCUT2D eigenvalue weighted by Crippen LogP contribution is -2.48. The Bertz CT molecular complexity index is 2030. The van der Waals surface area contributed by atoms with Gasteiger partial charge in [-0.15, -0.1) is 10.2 Å². The van der Waals surface area contributed by atoms with Crippen LogP contribution < -0.4 is 32.4 Å². The van der Waals surface area contributed by atoms with Gasteiger partial charge in [-0.1, -0.05) is 89.3 Å². The fraction of sp³-hybridized carbons (Fsp3) is 0.333. The van der Waals surface area contributed by atoms with Gasteiger partial charge in [0.2, 0.25) is 10.9 Å². The molecule has 0 atom stereocenters. The Morgan fingerprint density at radius 1 is 0.521 bits per heavy atom. The maximum absolute atomic E-state index is 13.9. The number of anilines is 2. The van der Waals surface area contributed by atoms with E-state index < -0.39 is 27.7 Å². The van der Waals surface area contributed by atoms with Crippen LogP contribution in [0.5, 0.6) is 5.75 Å². The van der Waals surface area contributed by atoms with Gasteiger partial charge in [0.1, 0.15) is 0 Å². The van der Waals surface area contributed by atoms with E-state index in [9.17, 15) is 14.7 Å². The van der Waals surface area contributed by atoms with Crippen LogP contribution in [-0.4, -0.2) is 5.11 Å². The van der Waals surface area contributed by atoms with Crippen LogP contribution in [0.3, 0.4) is 0 Å². The lowest BCUT2D eigenvalue weighted by molar-refractivity contribution is 0.467. The van der Waals surface area contributed by atoms with Crippen molar-refractivity contribution in [1.29, 1.82) is 0 Å². The zero-order valence-corrected chi connectivity index (χ0v) is 32.7. The smallest absolute Gasteiger partial charge is 0.241 e. The Hall–Kier alpha value is -3.48. The number of benzene rings is 4. The molecule has 3 N–H and O–H groups in total. The minimum Gasteiger partial charge on any atom is -0.504 e. The predicted molar refractivity (Wildman–Crippen MR) is 204 cm³/mol. The fourth-order valence-corrected chi connectivity index (χ4v) is 7.17. The van der Waals surface area contributed by atoms with Crippen LogP contribution in [0.1, 0.15) is 74.9 Å². The fourth-order valence-electron chi connectivity index (χ4n) is 5.51. The SMILES string of the molecule is CCc1cc(Br)cc(CC)c1N=Nc1c(O)/c(=N\Nc2c(CC)cc(Br)cc2CC)c(=O)/c(=N\Nc2c(CC)cc(Br)cc2CC)c1=O. The number of aryl methyl sites for hydroxylation is 6. The third-order valence-electron chi connectivity index (χ3n) is 8.17. The lowest BCUT2D eigenvalue weighted by Gasteiger charge is -2.13. The Kier molecular flexibility index (Phi) is 13.0. The number of rotatable bonds is 12. The molecule has 0 aliphatic carbocycles. The summed E-state index contributed by atoms with van der Waals surface area (Å²) in [6, 6.07) is 11.8. The molecule has 0 saturated carbocycles. The average molecular weight is 843 g/mol. The molecule has 252 valence electrons. The van der Waals surface area contributed by atoms with Crippen LogP contribution in [0.15, 0.2) is 79.8 Å². The minimum absolute atomic E-state index is 0.388. The number of hydrogen-bond acceptors (Lipinski definition) is 9. The molecular weight excluding hydrogens is 804 g/mol. The predicted octanol–water partition coefficient (Wildman–Crippen LogP) is 8.92. The molecule has 0 heterocycles. The first-order chi connectivity index (χ1) is 23.0. The summed E-state index contributed by atoms with van der Waals surface area (Å²) in [6.45, 7) is 12.1. The monoisotopic (exact) mass is 840 g/mol. The van der Waals surface area contributed by atoms with Gasteiger partial charge in [-0.2, -0.15) is 10.2 Å². The summed E-state index contributed by atoms with van der Waals surface area (Å²) in [5, 5.41) is 28.1. The quantitative estimate of drug-likeness (QED) is 0.0970. The van der Waals surface area contributed by atoms with Crippen LogP contribution in [0.2, 0.25) is 0 Å². The van der Waals surface area contributed by atoms with Crippen molar-refractivity contribution >= 4 is 70.5 Å². The van der Waals surface area contributed by atoms with Crippen molar-refractivity contribution in [3.8, 4) is 5.75 Å². The maximum Gasteiger partial charge on any atom is 0.241 e. The van der Waals surface area contributed by atoms with Crippen molar-refractivity contribution in [3.05, 3.63) is 114 Å². The first kappa shape index (κ1) is 37.3. The van der Waals surface area contributed by atoms with Crippen LogP contribution in [0.4, 0.5) is 22.7 Å². The molecule has 12 heteroatoms. The summed E-state index contributed by atoms with van der Waals surface area (Å²) in [7, 11) is 0. The first-order valence-electron chi connectivity index (χ1n) is 16.1. The van der Waals surface area contributed by atoms with Gasteiger partial charge in [0.05, 0.1) is 17.1 Å². The van der Waals surface area contributed by atoms with E-state index in [1.54, 1.807) is 0 Å². The largest absolute Gasteiger partial charge is 0.504 e. The molecule has 4 aromatic rings. The molecule has 0 aliphatic rings. The highest BCUT2D eigenvalue weighted by molar-refractivity contribution is 9.11. The normalized spacial score (nSPS) is 12.4. The summed E-state index contributed by atoms with van der Waals surface area (Å²) in [5.74, 6) is -0.672. The van der Waals surface area contributed by atoms with Gasteiger partial charge in [-0.25, -0.2) is 0 Å². The van der Waals surface area contributed by atoms with Crippen molar-refractivity contribution in [1.82, 2.24) is 0 Å². The Morgan fingerprint density at radius 2 is 0.854 bits per heavy atom. The molecule has 9 nitrogen and oxygen atoms in total. The Morgan fingerprint density at radius 3 is 1.23 bits per heavy atom. The standard InChI is InChI=1S/C36H39Br3N6O3/c1-7-19-13-25(37)14-20(8-2)28(19)40-43-31-34(46)32(44-41-29-21(9-3)15-26(38)16-22(29)10-4)36(48)33(35(31)47)45-42-30-23(11-5)17-27(39)18-24(30)12-6/h13-18,40-41,47H,7-12H2,1-6H3/b43-31-,44-32+,45-42?. The zero-order chi connectivity index (χ0) is 35.1. The van der Waals surface area contributed by atoms with Crippen LogP contribution in [0.25, 0.3) is 0 Å². The lowest BCUT2D eigenvalue weighted by atomic mass is 10.0. The molecule has 0 fully saturated rings. The third kappa shape index (κ3) is 8.03. The van der Waals surface area contributed by atoms with Gasteiger partial charge >= 0.3 is 0 Å². The molecule has 0 spiro atoms. The van der Waals surface area contributed by atoms with E-state index >= 15 is 0 Å². The van der Waals surface area contributed by atoms with Gasteiger partial charge in [0.25, 0.3) is 0 Å². The molecule has 0 radical (unpaired) electrons. The zero-order valence-electron chi connectivity index (χ0n) is 27.9. The molecule has 4 aromatic carbocycles. The van der Waals surface area contributed by atoms with Gasteiger partial charge in [0.15, 0.2) is 22.2 Å². The second-order valence-corrected chi connectivity index (χ2v) is 13.8. The van der Waals surface area contributed by atoms with E-state index in [0.717, 1.165) is 52.5 Å². The van der Waals surface area contributed by atoms with Gasteiger partial charge in [0, 0.05) is 13.4 Å². The topological polar surface area (TPSA) is 128 Å². The summed E-state index contributed by atoms with van der Waals surface area (Å²) in [4.78, 5) is 27.8.